The zero-order valence-electron chi connectivity index (χ0n) is 10.9. The predicted molar refractivity (Wildman–Crippen MR) is 56.2 cm³/mol. The van der Waals surface area contributed by atoms with Crippen LogP contribution in [-0.2, 0) is 9.53 Å². The largest absolute Gasteiger partial charge is 0.480 e. The first-order chi connectivity index (χ1) is 8.70. The molecule has 0 aliphatic carbocycles. The normalized spacial score (nSPS) is 16.6. The van der Waals surface area contributed by atoms with Crippen LogP contribution in [0.2, 0.25) is 0 Å². The second-order valence-corrected chi connectivity index (χ2v) is 4.71. The zero-order valence-corrected chi connectivity index (χ0v) is 10.9. The van der Waals surface area contributed by atoms with Gasteiger partial charge >= 0.3 is 18.3 Å². The number of alkyl halides is 6. The third kappa shape index (κ3) is 5.53. The molecule has 0 aromatic rings. The van der Waals surface area contributed by atoms with E-state index in [1.54, 1.807) is 0 Å². The molecule has 1 atom stereocenters. The van der Waals surface area contributed by atoms with Crippen molar-refractivity contribution in [1.29, 1.82) is 0 Å². The van der Waals surface area contributed by atoms with E-state index >= 15 is 0 Å². The molecule has 0 rings (SSSR count). The van der Waals surface area contributed by atoms with Crippen molar-refractivity contribution in [3.63, 3.8) is 0 Å². The molecule has 1 unspecified atom stereocenters. The van der Waals surface area contributed by atoms with Gasteiger partial charge in [0, 0.05) is 6.04 Å². The molecule has 20 heavy (non-hydrogen) atoms. The van der Waals surface area contributed by atoms with Crippen LogP contribution in [0.4, 0.5) is 26.3 Å². The summed E-state index contributed by atoms with van der Waals surface area (Å²) in [5, 5.41) is 11.2. The quantitative estimate of drug-likeness (QED) is 0.739. The molecule has 0 bridgehead atoms. The van der Waals surface area contributed by atoms with Gasteiger partial charge in [-0.1, -0.05) is 0 Å². The summed E-state index contributed by atoms with van der Waals surface area (Å²) in [6, 6.07) is -0.477. The van der Waals surface area contributed by atoms with E-state index in [1.165, 1.54) is 13.8 Å². The van der Waals surface area contributed by atoms with E-state index < -0.39 is 42.6 Å². The van der Waals surface area contributed by atoms with Crippen molar-refractivity contribution in [2.45, 2.75) is 50.8 Å². The van der Waals surface area contributed by atoms with Gasteiger partial charge in [0.05, 0.1) is 6.61 Å². The molecular weight excluding hydrogens is 296 g/mol. The number of carboxylic acids is 1. The van der Waals surface area contributed by atoms with Crippen LogP contribution >= 0.6 is 0 Å². The molecule has 10 heteroatoms. The number of nitrogens with one attached hydrogen (secondary N) is 1. The van der Waals surface area contributed by atoms with E-state index in [2.05, 4.69) is 10.1 Å². The van der Waals surface area contributed by atoms with Gasteiger partial charge in [-0.3, -0.25) is 10.1 Å². The topological polar surface area (TPSA) is 58.6 Å². The number of hydrogen-bond donors (Lipinski definition) is 2. The second kappa shape index (κ2) is 6.17. The highest BCUT2D eigenvalue weighted by Crippen LogP contribution is 2.36. The molecule has 0 aromatic heterocycles. The zero-order chi connectivity index (χ0) is 16.4. The third-order valence-corrected chi connectivity index (χ3v) is 2.21. The van der Waals surface area contributed by atoms with Gasteiger partial charge in [-0.15, -0.1) is 0 Å². The highest BCUT2D eigenvalue weighted by molar-refractivity contribution is 5.78. The van der Waals surface area contributed by atoms with Crippen molar-refractivity contribution in [2.75, 3.05) is 6.61 Å². The van der Waals surface area contributed by atoms with Crippen molar-refractivity contribution < 1.29 is 41.0 Å². The van der Waals surface area contributed by atoms with Crippen molar-refractivity contribution >= 4 is 5.97 Å². The van der Waals surface area contributed by atoms with Gasteiger partial charge in [0.15, 0.2) is 0 Å². The van der Waals surface area contributed by atoms with E-state index in [-0.39, 0.29) is 0 Å². The molecule has 0 saturated heterocycles. The maximum Gasteiger partial charge on any atom is 0.423 e. The average Bonchev–Trinajstić information content (AvgIpc) is 2.11. The van der Waals surface area contributed by atoms with E-state index in [0.717, 1.165) is 6.92 Å². The van der Waals surface area contributed by atoms with Gasteiger partial charge in [-0.05, 0) is 20.8 Å². The third-order valence-electron chi connectivity index (χ3n) is 2.21. The molecule has 0 radical (unpaired) electrons. The summed E-state index contributed by atoms with van der Waals surface area (Å²) in [5.74, 6) is -1.62. The van der Waals surface area contributed by atoms with E-state index in [0.29, 0.717) is 0 Å². The summed E-state index contributed by atoms with van der Waals surface area (Å²) in [5.41, 5.74) is -2.07. The van der Waals surface area contributed by atoms with Crippen molar-refractivity contribution in [2.24, 2.45) is 0 Å². The first-order valence-electron chi connectivity index (χ1n) is 5.46. The van der Waals surface area contributed by atoms with Gasteiger partial charge in [-0.2, -0.15) is 26.3 Å². The fourth-order valence-corrected chi connectivity index (χ4v) is 1.43. The van der Waals surface area contributed by atoms with Crippen LogP contribution in [0.15, 0.2) is 0 Å². The molecule has 0 spiro atoms. The minimum atomic E-state index is -5.67. The van der Waals surface area contributed by atoms with Crippen LogP contribution in [0.1, 0.15) is 20.8 Å². The number of carboxylic acid groups (broad SMARTS) is 1. The molecule has 0 saturated carbocycles. The summed E-state index contributed by atoms with van der Waals surface area (Å²) in [6.07, 6.45) is -15.4. The van der Waals surface area contributed by atoms with Crippen molar-refractivity contribution in [1.82, 2.24) is 5.32 Å². The summed E-state index contributed by atoms with van der Waals surface area (Å²) in [7, 11) is 0. The molecule has 2 N–H and O–H groups in total. The predicted octanol–water partition coefficient (Wildman–Crippen LogP) is 2.34. The fraction of sp³-hybridized carbons (Fsp3) is 0.900. The summed E-state index contributed by atoms with van der Waals surface area (Å²) in [6.45, 7) is 2.64. The van der Waals surface area contributed by atoms with Crippen LogP contribution in [-0.4, -0.2) is 47.7 Å². The Hall–Kier alpha value is -1.03. The summed E-state index contributed by atoms with van der Waals surface area (Å²) < 4.78 is 77.3. The Morgan fingerprint density at radius 3 is 1.80 bits per heavy atom. The smallest absolute Gasteiger partial charge is 0.423 e. The Morgan fingerprint density at radius 1 is 1.15 bits per heavy atom. The first-order valence-corrected chi connectivity index (χ1v) is 5.46. The SMILES string of the molecule is CC(C)NC(C)(COC(C(F)(F)F)C(F)(F)F)C(=O)O. The van der Waals surface area contributed by atoms with Crippen LogP contribution < -0.4 is 5.32 Å². The van der Waals surface area contributed by atoms with Gasteiger partial charge in [-0.25, -0.2) is 0 Å². The molecular formula is C10H15F6NO3. The Bertz CT molecular complexity index is 327. The molecule has 0 heterocycles. The Balaban J connectivity index is 5.04. The van der Waals surface area contributed by atoms with E-state index in [1.807, 2.05) is 0 Å². The van der Waals surface area contributed by atoms with Gasteiger partial charge in [0.2, 0.25) is 6.10 Å². The summed E-state index contributed by atoms with van der Waals surface area (Å²) in [4.78, 5) is 11.0. The number of aliphatic carboxylic acids is 1. The Labute approximate surface area is 111 Å². The second-order valence-electron chi connectivity index (χ2n) is 4.71. The maximum atomic E-state index is 12.2. The van der Waals surface area contributed by atoms with Crippen LogP contribution in [0.25, 0.3) is 0 Å². The monoisotopic (exact) mass is 311 g/mol. The molecule has 0 aromatic carbocycles. The minimum absolute atomic E-state index is 0.477. The standard InChI is InChI=1S/C10H15F6NO3/c1-5(2)17-8(3,7(18)19)4-20-6(9(11,12)13)10(14,15)16/h5-6,17H,4H2,1-3H3,(H,18,19). The lowest BCUT2D eigenvalue weighted by molar-refractivity contribution is -0.324. The maximum absolute atomic E-state index is 12.2. The molecule has 0 amide bonds. The van der Waals surface area contributed by atoms with E-state index in [4.69, 9.17) is 5.11 Å². The van der Waals surface area contributed by atoms with Gasteiger partial charge in [0.25, 0.3) is 0 Å². The van der Waals surface area contributed by atoms with Gasteiger partial charge < -0.3 is 9.84 Å². The lowest BCUT2D eigenvalue weighted by atomic mass is 10.0. The molecule has 0 aliphatic heterocycles. The van der Waals surface area contributed by atoms with Crippen LogP contribution in [0.3, 0.4) is 0 Å². The number of hydrogen-bond acceptors (Lipinski definition) is 3. The number of halogens is 6. The fourth-order valence-electron chi connectivity index (χ4n) is 1.43. The highest BCUT2D eigenvalue weighted by Gasteiger charge is 2.58. The first kappa shape index (κ1) is 19.0. The van der Waals surface area contributed by atoms with Crippen LogP contribution in [0.5, 0.6) is 0 Å². The summed E-state index contributed by atoms with van der Waals surface area (Å²) >= 11 is 0. The highest BCUT2D eigenvalue weighted by atomic mass is 19.4. The number of ether oxygens (including phenoxy) is 1. The molecule has 0 aliphatic rings. The van der Waals surface area contributed by atoms with E-state index in [9.17, 15) is 31.1 Å². The molecule has 0 fully saturated rings. The minimum Gasteiger partial charge on any atom is -0.480 e. The van der Waals surface area contributed by atoms with Gasteiger partial charge in [0.1, 0.15) is 5.54 Å². The number of rotatable bonds is 6. The average molecular weight is 311 g/mol. The molecule has 4 nitrogen and oxygen atoms in total. The number of carbonyl (C=O) groups is 1. The van der Waals surface area contributed by atoms with Crippen molar-refractivity contribution in [3.8, 4) is 0 Å². The lowest BCUT2D eigenvalue weighted by Gasteiger charge is -2.31. The molecule has 120 valence electrons. The Kier molecular flexibility index (Phi) is 5.85. The Morgan fingerprint density at radius 2 is 1.55 bits per heavy atom. The lowest BCUT2D eigenvalue weighted by Crippen LogP contribution is -2.57. The van der Waals surface area contributed by atoms with Crippen molar-refractivity contribution in [3.05, 3.63) is 0 Å². The van der Waals surface area contributed by atoms with Crippen LogP contribution in [0, 0.1) is 0 Å².